The van der Waals surface area contributed by atoms with Crippen molar-refractivity contribution in [1.82, 2.24) is 10.3 Å². The first-order chi connectivity index (χ1) is 7.55. The Bertz CT molecular complexity index is 384. The topological polar surface area (TPSA) is 44.9 Å². The second-order valence-electron chi connectivity index (χ2n) is 5.49. The summed E-state index contributed by atoms with van der Waals surface area (Å²) in [5, 5.41) is 5.43. The molecule has 1 fully saturated rings. The Kier molecular flexibility index (Phi) is 3.50. The summed E-state index contributed by atoms with van der Waals surface area (Å²) in [6.45, 7) is 5.49. The van der Waals surface area contributed by atoms with Crippen LogP contribution in [-0.2, 0) is 6.54 Å². The van der Waals surface area contributed by atoms with Crippen LogP contribution in [0.3, 0.4) is 0 Å². The van der Waals surface area contributed by atoms with Gasteiger partial charge in [0.25, 0.3) is 0 Å². The number of aromatic nitrogens is 1. The zero-order valence-corrected chi connectivity index (χ0v) is 10.8. The van der Waals surface area contributed by atoms with Crippen molar-refractivity contribution in [3.63, 3.8) is 0 Å². The van der Waals surface area contributed by atoms with Crippen LogP contribution in [0.4, 0.5) is 0 Å². The molecule has 4 heteroatoms. The molecule has 0 bridgehead atoms. The van der Waals surface area contributed by atoms with Gasteiger partial charge >= 0.3 is 4.87 Å². The van der Waals surface area contributed by atoms with Gasteiger partial charge in [-0.25, -0.2) is 0 Å². The second kappa shape index (κ2) is 4.72. The van der Waals surface area contributed by atoms with Crippen molar-refractivity contribution in [1.29, 1.82) is 0 Å². The molecule has 0 aromatic carbocycles. The van der Waals surface area contributed by atoms with E-state index in [1.807, 2.05) is 5.38 Å². The van der Waals surface area contributed by atoms with Gasteiger partial charge in [0, 0.05) is 23.7 Å². The van der Waals surface area contributed by atoms with Gasteiger partial charge in [0.2, 0.25) is 0 Å². The lowest BCUT2D eigenvalue weighted by Crippen LogP contribution is -2.35. The third-order valence-electron chi connectivity index (χ3n) is 3.49. The Hall–Kier alpha value is -0.610. The second-order valence-corrected chi connectivity index (χ2v) is 6.33. The van der Waals surface area contributed by atoms with Crippen molar-refractivity contribution in [2.75, 3.05) is 0 Å². The first kappa shape index (κ1) is 11.9. The monoisotopic (exact) mass is 240 g/mol. The number of H-pyrrole nitrogens is 1. The molecular weight excluding hydrogens is 220 g/mol. The Morgan fingerprint density at radius 2 is 2.19 bits per heavy atom. The van der Waals surface area contributed by atoms with Gasteiger partial charge in [0.05, 0.1) is 0 Å². The summed E-state index contributed by atoms with van der Waals surface area (Å²) in [6, 6.07) is 0.622. The quantitative estimate of drug-likeness (QED) is 0.852. The average Bonchev–Trinajstić information content (AvgIpc) is 2.63. The summed E-state index contributed by atoms with van der Waals surface area (Å²) >= 11 is 1.24. The number of rotatable bonds is 3. The van der Waals surface area contributed by atoms with Crippen LogP contribution in [0.5, 0.6) is 0 Å². The highest BCUT2D eigenvalue weighted by molar-refractivity contribution is 7.07. The first-order valence-corrected chi connectivity index (χ1v) is 6.83. The van der Waals surface area contributed by atoms with Crippen LogP contribution < -0.4 is 10.2 Å². The minimum Gasteiger partial charge on any atom is -0.315 e. The summed E-state index contributed by atoms with van der Waals surface area (Å²) in [4.78, 5) is 13.8. The van der Waals surface area contributed by atoms with E-state index in [2.05, 4.69) is 24.1 Å². The van der Waals surface area contributed by atoms with E-state index in [0.717, 1.165) is 12.2 Å². The third kappa shape index (κ3) is 3.19. The summed E-state index contributed by atoms with van der Waals surface area (Å²) in [7, 11) is 0. The highest BCUT2D eigenvalue weighted by atomic mass is 32.1. The van der Waals surface area contributed by atoms with Crippen LogP contribution >= 0.6 is 11.3 Å². The molecule has 3 nitrogen and oxygen atoms in total. The van der Waals surface area contributed by atoms with E-state index in [1.165, 1.54) is 37.0 Å². The highest BCUT2D eigenvalue weighted by Crippen LogP contribution is 2.34. The fraction of sp³-hybridized carbons (Fsp3) is 0.750. The number of nitrogens with one attached hydrogen (secondary N) is 2. The van der Waals surface area contributed by atoms with E-state index >= 15 is 0 Å². The van der Waals surface area contributed by atoms with Gasteiger partial charge in [-0.3, -0.25) is 4.79 Å². The van der Waals surface area contributed by atoms with E-state index < -0.39 is 0 Å². The van der Waals surface area contributed by atoms with E-state index in [-0.39, 0.29) is 4.87 Å². The zero-order valence-electron chi connectivity index (χ0n) is 10.0. The molecule has 1 aliphatic carbocycles. The minimum absolute atomic E-state index is 0.0431. The molecule has 0 spiro atoms. The summed E-state index contributed by atoms with van der Waals surface area (Å²) in [5.74, 6) is 0. The van der Waals surface area contributed by atoms with Crippen molar-refractivity contribution >= 4 is 11.3 Å². The number of hydrogen-bond donors (Lipinski definition) is 2. The van der Waals surface area contributed by atoms with E-state index in [1.54, 1.807) is 0 Å². The molecule has 90 valence electrons. The SMILES string of the molecule is CC1(C)CCC(NCc2csc(=O)[nH]2)CC1. The van der Waals surface area contributed by atoms with Crippen LogP contribution in [0.25, 0.3) is 0 Å². The molecule has 1 aromatic heterocycles. The molecule has 0 amide bonds. The van der Waals surface area contributed by atoms with Crippen molar-refractivity contribution in [2.24, 2.45) is 5.41 Å². The summed E-state index contributed by atoms with van der Waals surface area (Å²) in [6.07, 6.45) is 5.10. The lowest BCUT2D eigenvalue weighted by molar-refractivity contribution is 0.206. The lowest BCUT2D eigenvalue weighted by atomic mass is 9.75. The van der Waals surface area contributed by atoms with Gasteiger partial charge in [-0.05, 0) is 31.1 Å². The molecule has 1 aliphatic rings. The molecule has 0 atom stereocenters. The Morgan fingerprint density at radius 3 is 2.75 bits per heavy atom. The van der Waals surface area contributed by atoms with Crippen molar-refractivity contribution in [3.8, 4) is 0 Å². The van der Waals surface area contributed by atoms with Gasteiger partial charge in [-0.15, -0.1) is 0 Å². The third-order valence-corrected chi connectivity index (χ3v) is 4.21. The zero-order chi connectivity index (χ0) is 11.6. The Balaban J connectivity index is 1.77. The van der Waals surface area contributed by atoms with Gasteiger partial charge in [0.1, 0.15) is 0 Å². The molecule has 2 rings (SSSR count). The molecule has 1 saturated carbocycles. The van der Waals surface area contributed by atoms with E-state index in [4.69, 9.17) is 0 Å². The number of thiazole rings is 1. The van der Waals surface area contributed by atoms with Crippen LogP contribution in [-0.4, -0.2) is 11.0 Å². The lowest BCUT2D eigenvalue weighted by Gasteiger charge is -2.34. The summed E-state index contributed by atoms with van der Waals surface area (Å²) in [5.41, 5.74) is 1.54. The van der Waals surface area contributed by atoms with E-state index in [0.29, 0.717) is 11.5 Å². The molecule has 2 N–H and O–H groups in total. The van der Waals surface area contributed by atoms with Crippen LogP contribution in [0.1, 0.15) is 45.2 Å². The minimum atomic E-state index is 0.0431. The molecule has 16 heavy (non-hydrogen) atoms. The normalized spacial score (nSPS) is 21.1. The molecule has 0 aliphatic heterocycles. The van der Waals surface area contributed by atoms with Gasteiger partial charge in [-0.1, -0.05) is 25.2 Å². The van der Waals surface area contributed by atoms with Crippen LogP contribution in [0, 0.1) is 5.41 Å². The first-order valence-electron chi connectivity index (χ1n) is 5.95. The van der Waals surface area contributed by atoms with E-state index in [9.17, 15) is 4.79 Å². The Labute approximate surface area is 100 Å². The average molecular weight is 240 g/mol. The smallest absolute Gasteiger partial charge is 0.304 e. The molecule has 0 unspecified atom stereocenters. The fourth-order valence-corrected chi connectivity index (χ4v) is 2.84. The fourth-order valence-electron chi connectivity index (χ4n) is 2.26. The molecule has 1 heterocycles. The maximum atomic E-state index is 11.0. The van der Waals surface area contributed by atoms with Crippen LogP contribution in [0.2, 0.25) is 0 Å². The molecule has 0 saturated heterocycles. The number of hydrogen-bond acceptors (Lipinski definition) is 3. The van der Waals surface area contributed by atoms with Crippen molar-refractivity contribution < 1.29 is 0 Å². The molecule has 1 aromatic rings. The van der Waals surface area contributed by atoms with Gasteiger partial charge < -0.3 is 10.3 Å². The van der Waals surface area contributed by atoms with Gasteiger partial charge in [-0.2, -0.15) is 0 Å². The maximum Gasteiger partial charge on any atom is 0.304 e. The standard InChI is InChI=1S/C12H20N2OS/c1-12(2)5-3-9(4-6-12)13-7-10-8-16-11(15)14-10/h8-9,13H,3-7H2,1-2H3,(H,14,15). The number of aromatic amines is 1. The van der Waals surface area contributed by atoms with Crippen LogP contribution in [0.15, 0.2) is 10.2 Å². The largest absolute Gasteiger partial charge is 0.315 e. The Morgan fingerprint density at radius 1 is 1.50 bits per heavy atom. The predicted molar refractivity (Wildman–Crippen MR) is 67.8 cm³/mol. The maximum absolute atomic E-state index is 11.0. The summed E-state index contributed by atoms with van der Waals surface area (Å²) < 4.78 is 0. The van der Waals surface area contributed by atoms with Crippen molar-refractivity contribution in [2.45, 2.75) is 52.1 Å². The molecule has 0 radical (unpaired) electrons. The van der Waals surface area contributed by atoms with Gasteiger partial charge in [0.15, 0.2) is 0 Å². The predicted octanol–water partition coefficient (Wildman–Crippen LogP) is 2.49. The molecular formula is C12H20N2OS. The van der Waals surface area contributed by atoms with Crippen molar-refractivity contribution in [3.05, 3.63) is 20.7 Å². The highest BCUT2D eigenvalue weighted by Gasteiger charge is 2.26.